The molecule has 2 N–H and O–H groups in total. The average Bonchev–Trinajstić information content (AvgIpc) is 2.47. The van der Waals surface area contributed by atoms with Crippen molar-refractivity contribution in [1.29, 1.82) is 0 Å². The first-order valence-electron chi connectivity index (χ1n) is 7.06. The summed E-state index contributed by atoms with van der Waals surface area (Å²) in [4.78, 5) is 23.6. The van der Waals surface area contributed by atoms with Crippen LogP contribution in [0.25, 0.3) is 0 Å². The van der Waals surface area contributed by atoms with Crippen molar-refractivity contribution in [3.63, 3.8) is 0 Å². The van der Waals surface area contributed by atoms with Crippen molar-refractivity contribution in [2.24, 2.45) is 0 Å². The van der Waals surface area contributed by atoms with Crippen LogP contribution in [0.3, 0.4) is 0 Å². The zero-order valence-corrected chi connectivity index (χ0v) is 13.5. The molecule has 1 rings (SSSR count). The highest BCUT2D eigenvalue weighted by Gasteiger charge is 2.10. The number of ether oxygens (including phenoxy) is 1. The highest BCUT2D eigenvalue weighted by atomic mass is 35.5. The van der Waals surface area contributed by atoms with E-state index < -0.39 is 5.97 Å². The Bertz CT molecular complexity index is 522. The van der Waals surface area contributed by atoms with Gasteiger partial charge in [-0.2, -0.15) is 0 Å². The number of hydrogen-bond donors (Lipinski definition) is 2. The quantitative estimate of drug-likeness (QED) is 0.768. The lowest BCUT2D eigenvalue weighted by Gasteiger charge is -2.17. The molecule has 0 unspecified atom stereocenters. The first-order valence-corrected chi connectivity index (χ1v) is 7.43. The lowest BCUT2D eigenvalue weighted by Crippen LogP contribution is -2.39. The van der Waals surface area contributed by atoms with Crippen molar-refractivity contribution >= 4 is 23.6 Å². The van der Waals surface area contributed by atoms with E-state index in [0.29, 0.717) is 24.6 Å². The molecule has 6 nitrogen and oxygen atoms in total. The van der Waals surface area contributed by atoms with Crippen LogP contribution in [0.1, 0.15) is 18.9 Å². The molecule has 0 atom stereocenters. The Morgan fingerprint density at radius 1 is 1.41 bits per heavy atom. The predicted molar refractivity (Wildman–Crippen MR) is 84.6 cm³/mol. The summed E-state index contributed by atoms with van der Waals surface area (Å²) >= 11 is 5.97. The molecule has 122 valence electrons. The highest BCUT2D eigenvalue weighted by Crippen LogP contribution is 2.23. The summed E-state index contributed by atoms with van der Waals surface area (Å²) in [5.41, 5.74) is 0.919. The Morgan fingerprint density at radius 3 is 2.77 bits per heavy atom. The van der Waals surface area contributed by atoms with Gasteiger partial charge in [0.2, 0.25) is 0 Å². The van der Waals surface area contributed by atoms with Crippen molar-refractivity contribution in [3.05, 3.63) is 28.8 Å². The minimum Gasteiger partial charge on any atom is -0.494 e. The molecule has 1 aromatic carbocycles. The minimum absolute atomic E-state index is 0.0767. The maximum absolute atomic E-state index is 11.8. The van der Waals surface area contributed by atoms with E-state index in [0.717, 1.165) is 11.3 Å². The molecule has 0 aliphatic heterocycles. The van der Waals surface area contributed by atoms with Crippen molar-refractivity contribution in [2.75, 3.05) is 26.7 Å². The number of aliphatic carboxylic acids is 1. The maximum atomic E-state index is 11.8. The van der Waals surface area contributed by atoms with Crippen LogP contribution in [0, 0.1) is 0 Å². The number of rotatable bonds is 8. The van der Waals surface area contributed by atoms with Gasteiger partial charge in [-0.15, -0.1) is 0 Å². The second kappa shape index (κ2) is 9.15. The fraction of sp³-hybridized carbons (Fsp3) is 0.467. The SMILES string of the molecule is CCOc1ccc(Cl)cc1CCNC(=O)N(C)CCC(=O)O. The Balaban J connectivity index is 2.48. The van der Waals surface area contributed by atoms with E-state index in [2.05, 4.69) is 5.32 Å². The van der Waals surface area contributed by atoms with Crippen molar-refractivity contribution in [3.8, 4) is 5.75 Å². The number of carbonyl (C=O) groups is 2. The van der Waals surface area contributed by atoms with E-state index in [-0.39, 0.29) is 19.0 Å². The van der Waals surface area contributed by atoms with Gasteiger partial charge in [0.1, 0.15) is 5.75 Å². The summed E-state index contributed by atoms with van der Waals surface area (Å²) < 4.78 is 5.51. The minimum atomic E-state index is -0.931. The molecular formula is C15H21ClN2O4. The molecule has 22 heavy (non-hydrogen) atoms. The number of nitrogens with one attached hydrogen (secondary N) is 1. The molecule has 0 aromatic heterocycles. The topological polar surface area (TPSA) is 78.9 Å². The molecule has 0 aliphatic rings. The van der Waals surface area contributed by atoms with E-state index >= 15 is 0 Å². The molecule has 0 spiro atoms. The third-order valence-corrected chi connectivity index (χ3v) is 3.24. The number of carboxylic acids is 1. The van der Waals surface area contributed by atoms with Crippen molar-refractivity contribution < 1.29 is 19.4 Å². The highest BCUT2D eigenvalue weighted by molar-refractivity contribution is 6.30. The van der Waals surface area contributed by atoms with Gasteiger partial charge >= 0.3 is 12.0 Å². The number of nitrogens with zero attached hydrogens (tertiary/aromatic N) is 1. The van der Waals surface area contributed by atoms with Gasteiger partial charge in [-0.3, -0.25) is 4.79 Å². The molecule has 7 heteroatoms. The van der Waals surface area contributed by atoms with Crippen LogP contribution in [0.4, 0.5) is 4.79 Å². The second-order valence-corrected chi connectivity index (χ2v) is 5.17. The molecule has 1 aromatic rings. The van der Waals surface area contributed by atoms with E-state index in [1.54, 1.807) is 13.1 Å². The molecule has 0 bridgehead atoms. The van der Waals surface area contributed by atoms with Gasteiger partial charge in [0, 0.05) is 25.2 Å². The Labute approximate surface area is 135 Å². The number of amides is 2. The summed E-state index contributed by atoms with van der Waals surface area (Å²) in [6, 6.07) is 5.07. The monoisotopic (exact) mass is 328 g/mol. The number of hydrogen-bond acceptors (Lipinski definition) is 3. The van der Waals surface area contributed by atoms with E-state index in [9.17, 15) is 9.59 Å². The number of carbonyl (C=O) groups excluding carboxylic acids is 1. The largest absolute Gasteiger partial charge is 0.494 e. The fourth-order valence-corrected chi connectivity index (χ4v) is 2.04. The number of halogens is 1. The Hall–Kier alpha value is -1.95. The van der Waals surface area contributed by atoms with Gasteiger partial charge in [-0.1, -0.05) is 11.6 Å². The molecule has 0 fully saturated rings. The smallest absolute Gasteiger partial charge is 0.317 e. The third-order valence-electron chi connectivity index (χ3n) is 3.00. The van der Waals surface area contributed by atoms with Crippen LogP contribution in [0.2, 0.25) is 5.02 Å². The summed E-state index contributed by atoms with van der Waals surface area (Å²) in [6.45, 7) is 3.04. The fourth-order valence-electron chi connectivity index (χ4n) is 1.84. The summed E-state index contributed by atoms with van der Waals surface area (Å²) in [6.07, 6.45) is 0.501. The lowest BCUT2D eigenvalue weighted by atomic mass is 10.1. The number of urea groups is 1. The van der Waals surface area contributed by atoms with Crippen LogP contribution in [-0.4, -0.2) is 48.8 Å². The molecule has 0 radical (unpaired) electrons. The summed E-state index contributed by atoms with van der Waals surface area (Å²) in [5, 5.41) is 11.9. The van der Waals surface area contributed by atoms with Gasteiger partial charge in [-0.05, 0) is 37.1 Å². The van der Waals surface area contributed by atoms with Crippen LogP contribution in [0.15, 0.2) is 18.2 Å². The van der Waals surface area contributed by atoms with Crippen LogP contribution >= 0.6 is 11.6 Å². The molecule has 0 saturated carbocycles. The van der Waals surface area contributed by atoms with E-state index in [1.165, 1.54) is 4.90 Å². The average molecular weight is 329 g/mol. The van der Waals surface area contributed by atoms with Crippen molar-refractivity contribution in [2.45, 2.75) is 19.8 Å². The van der Waals surface area contributed by atoms with E-state index in [4.69, 9.17) is 21.4 Å². The third kappa shape index (κ3) is 6.22. The normalized spacial score (nSPS) is 10.1. The second-order valence-electron chi connectivity index (χ2n) is 4.73. The predicted octanol–water partition coefficient (Wildman–Crippen LogP) is 2.40. The van der Waals surface area contributed by atoms with E-state index in [1.807, 2.05) is 19.1 Å². The molecule has 0 saturated heterocycles. The summed E-state index contributed by atoms with van der Waals surface area (Å²) in [5.74, 6) is -0.180. The van der Waals surface area contributed by atoms with Crippen LogP contribution in [0.5, 0.6) is 5.75 Å². The maximum Gasteiger partial charge on any atom is 0.317 e. The lowest BCUT2D eigenvalue weighted by molar-refractivity contribution is -0.137. The van der Waals surface area contributed by atoms with Gasteiger partial charge < -0.3 is 20.1 Å². The first-order chi connectivity index (χ1) is 10.4. The Morgan fingerprint density at radius 2 is 2.14 bits per heavy atom. The number of carboxylic acid groups (broad SMARTS) is 1. The van der Waals surface area contributed by atoms with Crippen molar-refractivity contribution in [1.82, 2.24) is 10.2 Å². The van der Waals surface area contributed by atoms with Gasteiger partial charge in [-0.25, -0.2) is 4.79 Å². The molecule has 2 amide bonds. The number of benzene rings is 1. The van der Waals surface area contributed by atoms with Gasteiger partial charge in [0.15, 0.2) is 0 Å². The van der Waals surface area contributed by atoms with Crippen LogP contribution < -0.4 is 10.1 Å². The van der Waals surface area contributed by atoms with Gasteiger partial charge in [0.05, 0.1) is 13.0 Å². The molecular weight excluding hydrogens is 308 g/mol. The zero-order chi connectivity index (χ0) is 16.5. The zero-order valence-electron chi connectivity index (χ0n) is 12.8. The first kappa shape index (κ1) is 18.1. The van der Waals surface area contributed by atoms with Crippen LogP contribution in [-0.2, 0) is 11.2 Å². The molecule has 0 aliphatic carbocycles. The Kier molecular flexibility index (Phi) is 7.52. The standard InChI is InChI=1S/C15H21ClN2O4/c1-3-22-13-5-4-12(16)10-11(13)6-8-17-15(21)18(2)9-7-14(19)20/h4-5,10H,3,6-9H2,1-2H3,(H,17,21)(H,19,20). The molecule has 0 heterocycles. The summed E-state index contributed by atoms with van der Waals surface area (Å²) in [7, 11) is 1.56. The van der Waals surface area contributed by atoms with Gasteiger partial charge in [0.25, 0.3) is 0 Å².